The maximum atomic E-state index is 12.1. The summed E-state index contributed by atoms with van der Waals surface area (Å²) in [7, 11) is 2.80. The van der Waals surface area contributed by atoms with Crippen molar-refractivity contribution in [2.45, 2.75) is 32.1 Å². The Morgan fingerprint density at radius 1 is 1.15 bits per heavy atom. The molecule has 1 aliphatic rings. The molecule has 0 aromatic rings. The number of ether oxygens (including phenoxy) is 3. The second-order valence-electron chi connectivity index (χ2n) is 5.10. The highest BCUT2D eigenvalue weighted by Gasteiger charge is 2.53. The third-order valence-electron chi connectivity index (χ3n) is 4.06. The summed E-state index contributed by atoms with van der Waals surface area (Å²) >= 11 is 0. The average molecular weight is 288 g/mol. The first-order valence-electron chi connectivity index (χ1n) is 6.98. The van der Waals surface area contributed by atoms with Gasteiger partial charge in [-0.15, -0.1) is 0 Å². The van der Waals surface area contributed by atoms with E-state index in [9.17, 15) is 14.7 Å². The minimum absolute atomic E-state index is 0.142. The van der Waals surface area contributed by atoms with Crippen LogP contribution < -0.4 is 0 Å². The van der Waals surface area contributed by atoms with Gasteiger partial charge >= 0.3 is 11.9 Å². The Bertz CT molecular complexity index is 324. The molecule has 1 unspecified atom stereocenters. The number of carboxylic acid groups (broad SMARTS) is 1. The molecule has 1 saturated carbocycles. The molecule has 1 rings (SSSR count). The number of aliphatic carboxylic acids is 1. The standard InChI is InChI=1S/C14H24O6/c1-18-9-10-20-8-7-14(12(15)16,13(17)19-2)11-5-3-4-6-11/h11H,3-10H2,1-2H3,(H,15,16). The number of esters is 1. The van der Waals surface area contributed by atoms with Crippen molar-refractivity contribution in [3.8, 4) is 0 Å². The fraction of sp³-hybridized carbons (Fsp3) is 0.857. The molecule has 0 spiro atoms. The van der Waals surface area contributed by atoms with Gasteiger partial charge in [0.05, 0.1) is 20.3 Å². The number of carboxylic acids is 1. The number of carbonyl (C=O) groups is 2. The number of methoxy groups -OCH3 is 2. The first-order chi connectivity index (χ1) is 9.59. The van der Waals surface area contributed by atoms with Gasteiger partial charge in [0.2, 0.25) is 0 Å². The van der Waals surface area contributed by atoms with Crippen molar-refractivity contribution in [2.24, 2.45) is 11.3 Å². The zero-order valence-electron chi connectivity index (χ0n) is 12.2. The topological polar surface area (TPSA) is 82.1 Å². The van der Waals surface area contributed by atoms with E-state index in [4.69, 9.17) is 14.2 Å². The van der Waals surface area contributed by atoms with E-state index in [-0.39, 0.29) is 18.9 Å². The number of hydrogen-bond acceptors (Lipinski definition) is 5. The van der Waals surface area contributed by atoms with E-state index < -0.39 is 17.4 Å². The lowest BCUT2D eigenvalue weighted by molar-refractivity contribution is -0.173. The smallest absolute Gasteiger partial charge is 0.323 e. The Balaban J connectivity index is 2.75. The summed E-state index contributed by atoms with van der Waals surface area (Å²) in [5.74, 6) is -1.93. The van der Waals surface area contributed by atoms with Gasteiger partial charge in [0.1, 0.15) is 0 Å². The van der Waals surface area contributed by atoms with Gasteiger partial charge in [-0.1, -0.05) is 12.8 Å². The number of hydrogen-bond donors (Lipinski definition) is 1. The molecule has 0 saturated heterocycles. The monoisotopic (exact) mass is 288 g/mol. The molecule has 1 atom stereocenters. The molecule has 1 aliphatic carbocycles. The van der Waals surface area contributed by atoms with E-state index >= 15 is 0 Å². The third-order valence-corrected chi connectivity index (χ3v) is 4.06. The molecule has 0 aliphatic heterocycles. The Labute approximate surface area is 119 Å². The molecule has 0 bridgehead atoms. The lowest BCUT2D eigenvalue weighted by Crippen LogP contribution is -2.46. The summed E-state index contributed by atoms with van der Waals surface area (Å²) in [5.41, 5.74) is -1.47. The molecule has 0 heterocycles. The summed E-state index contributed by atoms with van der Waals surface area (Å²) in [6.07, 6.45) is 3.56. The molecule has 0 aromatic carbocycles. The SMILES string of the molecule is COCCOCCC(C(=O)O)(C(=O)OC)C1CCCC1. The van der Waals surface area contributed by atoms with Gasteiger partial charge in [0.15, 0.2) is 5.41 Å². The van der Waals surface area contributed by atoms with Crippen LogP contribution in [0.5, 0.6) is 0 Å². The van der Waals surface area contributed by atoms with Crippen LogP contribution in [0, 0.1) is 11.3 Å². The van der Waals surface area contributed by atoms with E-state index in [0.717, 1.165) is 25.7 Å². The van der Waals surface area contributed by atoms with Crippen molar-refractivity contribution in [1.82, 2.24) is 0 Å². The molecular formula is C14H24O6. The highest BCUT2D eigenvalue weighted by atomic mass is 16.5. The van der Waals surface area contributed by atoms with Gasteiger partial charge in [-0.05, 0) is 25.2 Å². The van der Waals surface area contributed by atoms with Crippen LogP contribution in [0.1, 0.15) is 32.1 Å². The lowest BCUT2D eigenvalue weighted by atomic mass is 9.72. The predicted octanol–water partition coefficient (Wildman–Crippen LogP) is 1.47. The van der Waals surface area contributed by atoms with Crippen molar-refractivity contribution >= 4 is 11.9 Å². The summed E-state index contributed by atoms with van der Waals surface area (Å²) < 4.78 is 15.0. The predicted molar refractivity (Wildman–Crippen MR) is 71.4 cm³/mol. The number of carbonyl (C=O) groups excluding carboxylic acids is 1. The van der Waals surface area contributed by atoms with Gasteiger partial charge < -0.3 is 19.3 Å². The molecule has 6 heteroatoms. The molecule has 1 fully saturated rings. The Hall–Kier alpha value is -1.14. The first-order valence-corrected chi connectivity index (χ1v) is 6.98. The minimum Gasteiger partial charge on any atom is -0.480 e. The van der Waals surface area contributed by atoms with Crippen molar-refractivity contribution < 1.29 is 28.9 Å². The van der Waals surface area contributed by atoms with E-state index in [0.29, 0.717) is 13.2 Å². The van der Waals surface area contributed by atoms with Crippen LogP contribution in [-0.2, 0) is 23.8 Å². The van der Waals surface area contributed by atoms with Crippen molar-refractivity contribution in [3.63, 3.8) is 0 Å². The fourth-order valence-electron chi connectivity index (χ4n) is 2.92. The highest BCUT2D eigenvalue weighted by Crippen LogP contribution is 2.43. The zero-order chi connectivity index (χ0) is 15.0. The summed E-state index contributed by atoms with van der Waals surface area (Å²) in [5, 5.41) is 9.61. The maximum Gasteiger partial charge on any atom is 0.323 e. The first kappa shape index (κ1) is 16.9. The third kappa shape index (κ3) is 3.70. The van der Waals surface area contributed by atoms with Crippen LogP contribution in [0.3, 0.4) is 0 Å². The second-order valence-corrected chi connectivity index (χ2v) is 5.10. The number of rotatable bonds is 9. The van der Waals surface area contributed by atoms with Gasteiger partial charge in [-0.2, -0.15) is 0 Å². The molecule has 0 aromatic heterocycles. The van der Waals surface area contributed by atoms with Crippen LogP contribution in [0.15, 0.2) is 0 Å². The van der Waals surface area contributed by atoms with Gasteiger partial charge in [0.25, 0.3) is 0 Å². The van der Waals surface area contributed by atoms with Crippen molar-refractivity contribution in [1.29, 1.82) is 0 Å². The lowest BCUT2D eigenvalue weighted by Gasteiger charge is -2.32. The molecule has 20 heavy (non-hydrogen) atoms. The van der Waals surface area contributed by atoms with Gasteiger partial charge in [-0.25, -0.2) is 0 Å². The molecular weight excluding hydrogens is 264 g/mol. The Morgan fingerprint density at radius 3 is 2.30 bits per heavy atom. The molecule has 0 radical (unpaired) electrons. The second kappa shape index (κ2) is 8.21. The molecule has 1 N–H and O–H groups in total. The van der Waals surface area contributed by atoms with Crippen LogP contribution in [0.4, 0.5) is 0 Å². The Morgan fingerprint density at radius 2 is 1.80 bits per heavy atom. The zero-order valence-corrected chi connectivity index (χ0v) is 12.2. The van der Waals surface area contributed by atoms with E-state index in [1.807, 2.05) is 0 Å². The normalized spacial score (nSPS) is 18.7. The molecule has 116 valence electrons. The van der Waals surface area contributed by atoms with E-state index in [1.165, 1.54) is 7.11 Å². The van der Waals surface area contributed by atoms with Crippen LogP contribution >= 0.6 is 0 Å². The largest absolute Gasteiger partial charge is 0.480 e. The average Bonchev–Trinajstić information content (AvgIpc) is 2.96. The summed E-state index contributed by atoms with van der Waals surface area (Å²) in [6.45, 7) is 1.04. The summed E-state index contributed by atoms with van der Waals surface area (Å²) in [6, 6.07) is 0. The summed E-state index contributed by atoms with van der Waals surface area (Å²) in [4.78, 5) is 23.8. The van der Waals surface area contributed by atoms with Crippen molar-refractivity contribution in [3.05, 3.63) is 0 Å². The highest BCUT2D eigenvalue weighted by molar-refractivity contribution is 5.99. The molecule has 6 nitrogen and oxygen atoms in total. The van der Waals surface area contributed by atoms with Crippen molar-refractivity contribution in [2.75, 3.05) is 34.0 Å². The van der Waals surface area contributed by atoms with Gasteiger partial charge in [0, 0.05) is 13.7 Å². The maximum absolute atomic E-state index is 12.1. The Kier molecular flexibility index (Phi) is 6.95. The van der Waals surface area contributed by atoms with E-state index in [1.54, 1.807) is 7.11 Å². The van der Waals surface area contributed by atoms with Gasteiger partial charge in [-0.3, -0.25) is 9.59 Å². The fourth-order valence-corrected chi connectivity index (χ4v) is 2.92. The molecule has 0 amide bonds. The van der Waals surface area contributed by atoms with Crippen LogP contribution in [-0.4, -0.2) is 51.1 Å². The quantitative estimate of drug-likeness (QED) is 0.393. The van der Waals surface area contributed by atoms with Crippen LogP contribution in [0.25, 0.3) is 0 Å². The van der Waals surface area contributed by atoms with Crippen LogP contribution in [0.2, 0.25) is 0 Å². The van der Waals surface area contributed by atoms with E-state index in [2.05, 4.69) is 0 Å². The minimum atomic E-state index is -1.47.